The largest absolute Gasteiger partial charge is 0.386 e. The van der Waals surface area contributed by atoms with E-state index in [9.17, 15) is 9.59 Å². The predicted molar refractivity (Wildman–Crippen MR) is 49.3 cm³/mol. The third-order valence-corrected chi connectivity index (χ3v) is 1.62. The van der Waals surface area contributed by atoms with Crippen LogP contribution in [0.5, 0.6) is 0 Å². The minimum atomic E-state index is -0.677. The second kappa shape index (κ2) is 4.53. The summed E-state index contributed by atoms with van der Waals surface area (Å²) < 4.78 is 9.50. The van der Waals surface area contributed by atoms with Crippen LogP contribution in [0.2, 0.25) is 0 Å². The molecule has 4 heteroatoms. The van der Waals surface area contributed by atoms with Crippen molar-refractivity contribution >= 4 is 11.9 Å². The molecule has 14 heavy (non-hydrogen) atoms. The Bertz CT molecular complexity index is 314. The highest BCUT2D eigenvalue weighted by molar-refractivity contribution is 6.09. The lowest BCUT2D eigenvalue weighted by Gasteiger charge is -2.10. The van der Waals surface area contributed by atoms with Gasteiger partial charge in [-0.05, 0) is 0 Å². The molecule has 0 spiro atoms. The quantitative estimate of drug-likeness (QED) is 0.368. The third kappa shape index (κ3) is 2.17. The van der Waals surface area contributed by atoms with E-state index in [1.54, 1.807) is 6.08 Å². The molecule has 1 unspecified atom stereocenters. The molecular formula is C10H10O4. The Kier molecular flexibility index (Phi) is 3.36. The van der Waals surface area contributed by atoms with Crippen LogP contribution in [0.1, 0.15) is 0 Å². The molecule has 0 aliphatic carbocycles. The van der Waals surface area contributed by atoms with Crippen LogP contribution in [-0.2, 0) is 19.1 Å². The average molecular weight is 194 g/mol. The van der Waals surface area contributed by atoms with Gasteiger partial charge in [0.1, 0.15) is 6.10 Å². The number of esters is 2. The van der Waals surface area contributed by atoms with Gasteiger partial charge >= 0.3 is 11.9 Å². The molecule has 0 fully saturated rings. The van der Waals surface area contributed by atoms with E-state index in [-0.39, 0.29) is 12.2 Å². The van der Waals surface area contributed by atoms with Crippen molar-refractivity contribution in [3.05, 3.63) is 37.0 Å². The van der Waals surface area contributed by atoms with E-state index in [4.69, 9.17) is 4.74 Å². The molecule has 0 saturated heterocycles. The van der Waals surface area contributed by atoms with Crippen molar-refractivity contribution in [2.75, 3.05) is 6.61 Å². The van der Waals surface area contributed by atoms with Crippen molar-refractivity contribution in [3.8, 4) is 0 Å². The predicted octanol–water partition coefficient (Wildman–Crippen LogP) is 0.753. The molecule has 1 heterocycles. The summed E-state index contributed by atoms with van der Waals surface area (Å²) in [5, 5.41) is 0. The van der Waals surface area contributed by atoms with Gasteiger partial charge in [0, 0.05) is 6.08 Å². The lowest BCUT2D eigenvalue weighted by atomic mass is 10.1. The minimum absolute atomic E-state index is 0.173. The normalized spacial score (nSPS) is 17.3. The molecule has 1 aliphatic rings. The molecule has 1 rings (SSSR count). The Labute approximate surface area is 81.5 Å². The highest BCUT2D eigenvalue weighted by Crippen LogP contribution is 2.16. The molecule has 1 aliphatic heterocycles. The monoisotopic (exact) mass is 194 g/mol. The van der Waals surface area contributed by atoms with Crippen molar-refractivity contribution in [3.63, 3.8) is 0 Å². The van der Waals surface area contributed by atoms with Crippen LogP contribution in [0.4, 0.5) is 0 Å². The first-order chi connectivity index (χ1) is 6.69. The summed E-state index contributed by atoms with van der Waals surface area (Å²) in [6, 6.07) is 0. The molecule has 1 atom stereocenters. The van der Waals surface area contributed by atoms with E-state index in [1.165, 1.54) is 6.08 Å². The maximum absolute atomic E-state index is 11.1. The first-order valence-electron chi connectivity index (χ1n) is 4.01. The number of rotatable bonds is 5. The van der Waals surface area contributed by atoms with Gasteiger partial charge in [-0.15, -0.1) is 13.2 Å². The van der Waals surface area contributed by atoms with Gasteiger partial charge in [-0.3, -0.25) is 0 Å². The smallest absolute Gasteiger partial charge is 0.345 e. The number of cyclic esters (lactones) is 2. The second-order valence-electron chi connectivity index (χ2n) is 2.59. The summed E-state index contributed by atoms with van der Waals surface area (Å²) in [5.41, 5.74) is 0.173. The van der Waals surface area contributed by atoms with Gasteiger partial charge in [-0.2, -0.15) is 0 Å². The molecule has 0 aromatic carbocycles. The van der Waals surface area contributed by atoms with Gasteiger partial charge in [0.05, 0.1) is 12.2 Å². The summed E-state index contributed by atoms with van der Waals surface area (Å²) in [6.07, 6.45) is 3.46. The fourth-order valence-corrected chi connectivity index (χ4v) is 1.02. The highest BCUT2D eigenvalue weighted by atomic mass is 16.6. The number of carbonyl (C=O) groups is 2. The van der Waals surface area contributed by atoms with E-state index in [2.05, 4.69) is 17.9 Å². The van der Waals surface area contributed by atoms with E-state index >= 15 is 0 Å². The summed E-state index contributed by atoms with van der Waals surface area (Å²) in [7, 11) is 0. The first kappa shape index (κ1) is 10.4. The van der Waals surface area contributed by atoms with Crippen molar-refractivity contribution in [2.24, 2.45) is 0 Å². The molecule has 0 amide bonds. The second-order valence-corrected chi connectivity index (χ2v) is 2.59. The number of ether oxygens (including phenoxy) is 2. The Morgan fingerprint density at radius 3 is 2.64 bits per heavy atom. The molecule has 74 valence electrons. The summed E-state index contributed by atoms with van der Waals surface area (Å²) in [5.74, 6) is -1.34. The standard InChI is InChI=1S/C10H10O4/c1-3-5-13-8(4-2)7-6-9(11)14-10(7)12/h3-4,6,8H,1-2,5H2. The zero-order valence-electron chi connectivity index (χ0n) is 7.56. The lowest BCUT2D eigenvalue weighted by molar-refractivity contribution is -0.151. The third-order valence-electron chi connectivity index (χ3n) is 1.62. The maximum atomic E-state index is 11.1. The van der Waals surface area contributed by atoms with Crippen molar-refractivity contribution in [2.45, 2.75) is 6.10 Å². The lowest BCUT2D eigenvalue weighted by Crippen LogP contribution is -2.17. The molecule has 0 radical (unpaired) electrons. The average Bonchev–Trinajstić information content (AvgIpc) is 2.47. The van der Waals surface area contributed by atoms with E-state index < -0.39 is 18.0 Å². The zero-order valence-corrected chi connectivity index (χ0v) is 7.56. The Morgan fingerprint density at radius 1 is 1.50 bits per heavy atom. The van der Waals surface area contributed by atoms with E-state index in [0.717, 1.165) is 6.08 Å². The first-order valence-corrected chi connectivity index (χ1v) is 4.01. The number of hydrogen-bond acceptors (Lipinski definition) is 4. The summed E-state index contributed by atoms with van der Waals surface area (Å²) in [4.78, 5) is 21.8. The van der Waals surface area contributed by atoms with E-state index in [0.29, 0.717) is 0 Å². The molecule has 0 aromatic rings. The van der Waals surface area contributed by atoms with Crippen molar-refractivity contribution in [1.29, 1.82) is 0 Å². The minimum Gasteiger partial charge on any atom is -0.386 e. The van der Waals surface area contributed by atoms with Gasteiger partial charge in [-0.1, -0.05) is 12.2 Å². The maximum Gasteiger partial charge on any atom is 0.345 e. The van der Waals surface area contributed by atoms with Crippen LogP contribution in [0.25, 0.3) is 0 Å². The number of carbonyl (C=O) groups excluding carboxylic acids is 2. The molecule has 0 aromatic heterocycles. The van der Waals surface area contributed by atoms with Gasteiger partial charge in [-0.25, -0.2) is 9.59 Å². The zero-order chi connectivity index (χ0) is 10.6. The van der Waals surface area contributed by atoms with Crippen LogP contribution in [0.15, 0.2) is 37.0 Å². The molecular weight excluding hydrogens is 184 g/mol. The Hall–Kier alpha value is -1.68. The van der Waals surface area contributed by atoms with Gasteiger partial charge in [0.25, 0.3) is 0 Å². The van der Waals surface area contributed by atoms with Crippen LogP contribution >= 0.6 is 0 Å². The van der Waals surface area contributed by atoms with Gasteiger partial charge in [0.15, 0.2) is 0 Å². The molecule has 0 N–H and O–H groups in total. The summed E-state index contributed by atoms with van der Waals surface area (Å²) >= 11 is 0. The van der Waals surface area contributed by atoms with Crippen LogP contribution < -0.4 is 0 Å². The fourth-order valence-electron chi connectivity index (χ4n) is 1.02. The topological polar surface area (TPSA) is 52.6 Å². The van der Waals surface area contributed by atoms with Crippen LogP contribution in [0.3, 0.4) is 0 Å². The Balaban J connectivity index is 2.73. The fraction of sp³-hybridized carbons (Fsp3) is 0.200. The molecule has 0 bridgehead atoms. The van der Waals surface area contributed by atoms with Crippen LogP contribution in [0, 0.1) is 0 Å². The SMILES string of the molecule is C=CCOC(C=C)C1=CC(=O)OC1=O. The molecule has 0 saturated carbocycles. The van der Waals surface area contributed by atoms with Gasteiger partial charge in [0.2, 0.25) is 0 Å². The number of hydrogen-bond donors (Lipinski definition) is 0. The van der Waals surface area contributed by atoms with Crippen molar-refractivity contribution < 1.29 is 19.1 Å². The van der Waals surface area contributed by atoms with Gasteiger partial charge < -0.3 is 9.47 Å². The van der Waals surface area contributed by atoms with Crippen molar-refractivity contribution in [1.82, 2.24) is 0 Å². The summed E-state index contributed by atoms with van der Waals surface area (Å²) in [6.45, 7) is 7.24. The Morgan fingerprint density at radius 2 is 2.21 bits per heavy atom. The van der Waals surface area contributed by atoms with E-state index in [1.807, 2.05) is 0 Å². The highest BCUT2D eigenvalue weighted by Gasteiger charge is 2.29. The molecule has 4 nitrogen and oxygen atoms in total. The van der Waals surface area contributed by atoms with Crippen LogP contribution in [-0.4, -0.2) is 24.6 Å².